The zero-order valence-corrected chi connectivity index (χ0v) is 20.2. The number of hydrogen-bond donors (Lipinski definition) is 1. The highest BCUT2D eigenvalue weighted by Gasteiger charge is 2.38. The highest BCUT2D eigenvalue weighted by Crippen LogP contribution is 2.27. The van der Waals surface area contributed by atoms with E-state index in [0.29, 0.717) is 12.2 Å². The lowest BCUT2D eigenvalue weighted by Gasteiger charge is -2.38. The number of carbonyl (C=O) groups is 3. The molecule has 0 aromatic carbocycles. The predicted octanol–water partition coefficient (Wildman–Crippen LogP) is 4.09. The standard InChI is InChI=1S/C24H42N2O4/c1-9-30-23(29)17(4)15-19(16(2)3)26(8)22(28)20(24(5,6)7)25-21(27)18-13-11-10-12-14-18/h15-16,18-20H,9-14H2,1-8H3,(H,25,27)/t19?,20-/m1/s1. The summed E-state index contributed by atoms with van der Waals surface area (Å²) in [6, 6.07) is -0.909. The third-order valence-electron chi connectivity index (χ3n) is 5.87. The van der Waals surface area contributed by atoms with E-state index in [1.54, 1.807) is 31.9 Å². The number of amides is 2. The lowest BCUT2D eigenvalue weighted by molar-refractivity contribution is -0.141. The van der Waals surface area contributed by atoms with E-state index in [0.717, 1.165) is 25.7 Å². The summed E-state index contributed by atoms with van der Waals surface area (Å²) in [4.78, 5) is 40.1. The molecule has 0 bridgehead atoms. The van der Waals surface area contributed by atoms with Gasteiger partial charge in [0.2, 0.25) is 11.8 Å². The van der Waals surface area contributed by atoms with Crippen LogP contribution in [0.15, 0.2) is 11.6 Å². The summed E-state index contributed by atoms with van der Waals surface area (Å²) in [6.07, 6.45) is 6.89. The summed E-state index contributed by atoms with van der Waals surface area (Å²) >= 11 is 0. The van der Waals surface area contributed by atoms with Gasteiger partial charge in [-0.2, -0.15) is 0 Å². The first kappa shape index (κ1) is 26.2. The Balaban J connectivity index is 3.06. The SMILES string of the molecule is CCOC(=O)C(C)=CC(C(C)C)N(C)C(=O)[C@@H](NC(=O)C1CCCCC1)C(C)(C)C. The van der Waals surface area contributed by atoms with Gasteiger partial charge in [-0.25, -0.2) is 4.79 Å². The minimum absolute atomic E-state index is 0.00597. The molecule has 2 amide bonds. The second-order valence-electron chi connectivity index (χ2n) is 9.90. The van der Waals surface area contributed by atoms with Gasteiger partial charge in [0.05, 0.1) is 12.6 Å². The number of carbonyl (C=O) groups excluding carboxylic acids is 3. The third kappa shape index (κ3) is 7.44. The van der Waals surface area contributed by atoms with E-state index in [2.05, 4.69) is 5.32 Å². The minimum Gasteiger partial charge on any atom is -0.463 e. The van der Waals surface area contributed by atoms with Crippen LogP contribution in [0.2, 0.25) is 0 Å². The van der Waals surface area contributed by atoms with Crippen molar-refractivity contribution in [2.75, 3.05) is 13.7 Å². The van der Waals surface area contributed by atoms with Gasteiger partial charge < -0.3 is 15.0 Å². The monoisotopic (exact) mass is 422 g/mol. The fraction of sp³-hybridized carbons (Fsp3) is 0.792. The van der Waals surface area contributed by atoms with Gasteiger partial charge in [-0.15, -0.1) is 0 Å². The zero-order valence-electron chi connectivity index (χ0n) is 20.2. The molecule has 0 saturated heterocycles. The summed E-state index contributed by atoms with van der Waals surface area (Å²) in [5.41, 5.74) is 0.0469. The van der Waals surface area contributed by atoms with Crippen molar-refractivity contribution in [1.29, 1.82) is 0 Å². The second kappa shape index (κ2) is 11.5. The highest BCUT2D eigenvalue weighted by molar-refractivity contribution is 5.90. The Morgan fingerprint density at radius 3 is 2.17 bits per heavy atom. The fourth-order valence-electron chi connectivity index (χ4n) is 3.94. The van der Waals surface area contributed by atoms with Crippen LogP contribution in [-0.2, 0) is 19.1 Å². The van der Waals surface area contributed by atoms with Gasteiger partial charge in [-0.3, -0.25) is 9.59 Å². The molecule has 1 rings (SSSR count). The maximum Gasteiger partial charge on any atom is 0.333 e. The average Bonchev–Trinajstić information content (AvgIpc) is 2.68. The molecule has 1 aliphatic rings. The fourth-order valence-corrected chi connectivity index (χ4v) is 3.94. The molecule has 30 heavy (non-hydrogen) atoms. The van der Waals surface area contributed by atoms with Crippen molar-refractivity contribution in [3.63, 3.8) is 0 Å². The van der Waals surface area contributed by atoms with Gasteiger partial charge in [0.15, 0.2) is 0 Å². The van der Waals surface area contributed by atoms with Crippen LogP contribution in [-0.4, -0.2) is 48.4 Å². The van der Waals surface area contributed by atoms with Crippen LogP contribution in [0.25, 0.3) is 0 Å². The van der Waals surface area contributed by atoms with Gasteiger partial charge in [-0.1, -0.05) is 60.0 Å². The molecule has 0 aromatic rings. The number of nitrogens with zero attached hydrogens (tertiary/aromatic N) is 1. The molecule has 172 valence electrons. The van der Waals surface area contributed by atoms with E-state index < -0.39 is 11.5 Å². The van der Waals surface area contributed by atoms with Crippen LogP contribution in [0, 0.1) is 17.3 Å². The van der Waals surface area contributed by atoms with Crippen molar-refractivity contribution < 1.29 is 19.1 Å². The second-order valence-corrected chi connectivity index (χ2v) is 9.90. The van der Waals surface area contributed by atoms with Crippen LogP contribution in [0.4, 0.5) is 0 Å². The number of rotatable bonds is 8. The van der Waals surface area contributed by atoms with Gasteiger partial charge >= 0.3 is 5.97 Å². The van der Waals surface area contributed by atoms with Crippen molar-refractivity contribution in [3.8, 4) is 0 Å². The molecule has 1 saturated carbocycles. The van der Waals surface area contributed by atoms with Crippen LogP contribution < -0.4 is 5.32 Å². The topological polar surface area (TPSA) is 75.7 Å². The van der Waals surface area contributed by atoms with Crippen molar-refractivity contribution in [3.05, 3.63) is 11.6 Å². The number of esters is 1. The summed E-state index contributed by atoms with van der Waals surface area (Å²) in [5, 5.41) is 3.06. The van der Waals surface area contributed by atoms with Crippen molar-refractivity contribution in [2.24, 2.45) is 17.3 Å². The summed E-state index contributed by atoms with van der Waals surface area (Å²) in [5.74, 6) is -0.442. The largest absolute Gasteiger partial charge is 0.463 e. The van der Waals surface area contributed by atoms with E-state index in [9.17, 15) is 14.4 Å². The molecule has 1 fully saturated rings. The molecule has 1 unspecified atom stereocenters. The van der Waals surface area contributed by atoms with Crippen LogP contribution in [0.3, 0.4) is 0 Å². The quantitative estimate of drug-likeness (QED) is 0.472. The number of hydrogen-bond acceptors (Lipinski definition) is 4. The Bertz CT molecular complexity index is 628. The number of likely N-dealkylation sites (N-methyl/N-ethyl adjacent to an activating group) is 1. The van der Waals surface area contributed by atoms with E-state index >= 15 is 0 Å². The lowest BCUT2D eigenvalue weighted by atomic mass is 9.83. The smallest absolute Gasteiger partial charge is 0.333 e. The first-order chi connectivity index (χ1) is 13.9. The summed E-state index contributed by atoms with van der Waals surface area (Å²) in [6.45, 7) is 13.7. The maximum absolute atomic E-state index is 13.5. The molecule has 2 atom stereocenters. The Hall–Kier alpha value is -1.85. The van der Waals surface area contributed by atoms with E-state index in [4.69, 9.17) is 4.74 Å². The van der Waals surface area contributed by atoms with Gasteiger partial charge in [-0.05, 0) is 38.0 Å². The lowest BCUT2D eigenvalue weighted by Crippen LogP contribution is -2.57. The van der Waals surface area contributed by atoms with Crippen LogP contribution in [0.1, 0.15) is 80.6 Å². The van der Waals surface area contributed by atoms with E-state index in [1.807, 2.05) is 34.6 Å². The Morgan fingerprint density at radius 2 is 1.70 bits per heavy atom. The van der Waals surface area contributed by atoms with Crippen molar-refractivity contribution >= 4 is 17.8 Å². The average molecular weight is 423 g/mol. The van der Waals surface area contributed by atoms with Gasteiger partial charge in [0, 0.05) is 18.5 Å². The molecule has 0 heterocycles. The highest BCUT2D eigenvalue weighted by atomic mass is 16.5. The van der Waals surface area contributed by atoms with E-state index in [1.165, 1.54) is 6.42 Å². The van der Waals surface area contributed by atoms with Crippen molar-refractivity contribution in [1.82, 2.24) is 10.2 Å². The first-order valence-electron chi connectivity index (χ1n) is 11.3. The Morgan fingerprint density at radius 1 is 1.13 bits per heavy atom. The number of nitrogens with one attached hydrogen (secondary N) is 1. The summed E-state index contributed by atoms with van der Waals surface area (Å²) in [7, 11) is 1.74. The maximum atomic E-state index is 13.5. The molecule has 1 N–H and O–H groups in total. The molecule has 6 heteroatoms. The van der Waals surface area contributed by atoms with Gasteiger partial charge in [0.1, 0.15) is 6.04 Å². The predicted molar refractivity (Wildman–Crippen MR) is 120 cm³/mol. The van der Waals surface area contributed by atoms with Crippen LogP contribution >= 0.6 is 0 Å². The molecular formula is C24H42N2O4. The Kier molecular flexibility index (Phi) is 10.1. The normalized spacial score (nSPS) is 18.0. The van der Waals surface area contributed by atoms with Gasteiger partial charge in [0.25, 0.3) is 0 Å². The molecule has 0 radical (unpaired) electrons. The first-order valence-corrected chi connectivity index (χ1v) is 11.3. The van der Waals surface area contributed by atoms with E-state index in [-0.39, 0.29) is 35.7 Å². The molecule has 6 nitrogen and oxygen atoms in total. The molecule has 0 spiro atoms. The van der Waals surface area contributed by atoms with Crippen LogP contribution in [0.5, 0.6) is 0 Å². The molecule has 0 aromatic heterocycles. The third-order valence-corrected chi connectivity index (χ3v) is 5.87. The molecule has 0 aliphatic heterocycles. The van der Waals surface area contributed by atoms with Crippen molar-refractivity contribution in [2.45, 2.75) is 92.7 Å². The Labute approximate surface area is 182 Å². The minimum atomic E-state index is -0.630. The zero-order chi connectivity index (χ0) is 23.1. The molecule has 1 aliphatic carbocycles. The molecular weight excluding hydrogens is 380 g/mol. The summed E-state index contributed by atoms with van der Waals surface area (Å²) < 4.78 is 5.08. The number of ether oxygens (including phenoxy) is 1.